The van der Waals surface area contributed by atoms with Crippen molar-refractivity contribution in [3.63, 3.8) is 0 Å². The maximum absolute atomic E-state index is 12.0. The number of rotatable bonds is 4. The van der Waals surface area contributed by atoms with E-state index >= 15 is 0 Å². The lowest BCUT2D eigenvalue weighted by Gasteiger charge is -2.24. The predicted molar refractivity (Wildman–Crippen MR) is 67.0 cm³/mol. The minimum atomic E-state index is -0.827. The Kier molecular flexibility index (Phi) is 3.64. The summed E-state index contributed by atoms with van der Waals surface area (Å²) < 4.78 is 1.61. The molecule has 1 amide bonds. The Morgan fingerprint density at radius 2 is 2.38 bits per heavy atom. The zero-order valence-corrected chi connectivity index (χ0v) is 10.5. The number of aromatic nitrogens is 2. The van der Waals surface area contributed by atoms with Crippen molar-refractivity contribution in [1.82, 2.24) is 9.78 Å². The van der Waals surface area contributed by atoms with Crippen LogP contribution < -0.4 is 11.1 Å². The lowest BCUT2D eigenvalue weighted by atomic mass is 9.86. The first-order chi connectivity index (χ1) is 7.40. The van der Waals surface area contributed by atoms with Crippen LogP contribution in [0.2, 0.25) is 0 Å². The van der Waals surface area contributed by atoms with Gasteiger partial charge in [0, 0.05) is 19.3 Å². The van der Waals surface area contributed by atoms with Crippen LogP contribution in [0.25, 0.3) is 0 Å². The topological polar surface area (TPSA) is 72.9 Å². The maximum atomic E-state index is 12.0. The third-order valence-electron chi connectivity index (χ3n) is 2.71. The van der Waals surface area contributed by atoms with Crippen molar-refractivity contribution >= 4 is 28.9 Å². The van der Waals surface area contributed by atoms with Gasteiger partial charge in [-0.2, -0.15) is 5.10 Å². The van der Waals surface area contributed by atoms with Crippen LogP contribution in [0.1, 0.15) is 20.3 Å². The van der Waals surface area contributed by atoms with E-state index in [1.807, 2.05) is 6.92 Å². The summed E-state index contributed by atoms with van der Waals surface area (Å²) in [6.07, 6.45) is 2.31. The number of amides is 1. The van der Waals surface area contributed by atoms with E-state index in [9.17, 15) is 4.79 Å². The van der Waals surface area contributed by atoms with E-state index in [1.165, 1.54) is 0 Å². The van der Waals surface area contributed by atoms with Gasteiger partial charge >= 0.3 is 0 Å². The summed E-state index contributed by atoms with van der Waals surface area (Å²) in [6, 6.07) is 1.72. The lowest BCUT2D eigenvalue weighted by molar-refractivity contribution is -0.121. The highest BCUT2D eigenvalue weighted by Gasteiger charge is 2.34. The van der Waals surface area contributed by atoms with Crippen molar-refractivity contribution in [2.45, 2.75) is 20.3 Å². The summed E-state index contributed by atoms with van der Waals surface area (Å²) in [4.78, 5) is 12.2. The number of hydrogen-bond acceptors (Lipinski definition) is 3. The molecule has 0 aliphatic carbocycles. The van der Waals surface area contributed by atoms with Crippen molar-refractivity contribution in [1.29, 1.82) is 0 Å². The van der Waals surface area contributed by atoms with Crippen LogP contribution in [-0.4, -0.2) is 20.7 Å². The second-order valence-electron chi connectivity index (χ2n) is 3.88. The molecule has 1 atom stereocenters. The van der Waals surface area contributed by atoms with Crippen LogP contribution >= 0.6 is 12.2 Å². The van der Waals surface area contributed by atoms with Crippen LogP contribution in [0.5, 0.6) is 0 Å². The fourth-order valence-electron chi connectivity index (χ4n) is 1.18. The molecule has 0 aromatic carbocycles. The number of nitrogens with two attached hydrogens (primary N) is 1. The number of carbonyl (C=O) groups excluding carboxylic acids is 1. The van der Waals surface area contributed by atoms with Crippen molar-refractivity contribution in [3.8, 4) is 0 Å². The second kappa shape index (κ2) is 4.61. The summed E-state index contributed by atoms with van der Waals surface area (Å²) in [7, 11) is 1.78. The lowest BCUT2D eigenvalue weighted by Crippen LogP contribution is -2.43. The molecule has 0 fully saturated rings. The van der Waals surface area contributed by atoms with Crippen LogP contribution in [0.3, 0.4) is 0 Å². The molecule has 1 rings (SSSR count). The van der Waals surface area contributed by atoms with E-state index in [2.05, 4.69) is 10.4 Å². The number of carbonyl (C=O) groups is 1. The quantitative estimate of drug-likeness (QED) is 0.772. The minimum absolute atomic E-state index is 0.198. The van der Waals surface area contributed by atoms with Gasteiger partial charge in [0.1, 0.15) is 0 Å². The highest BCUT2D eigenvalue weighted by atomic mass is 32.1. The van der Waals surface area contributed by atoms with Gasteiger partial charge in [0.25, 0.3) is 0 Å². The molecule has 16 heavy (non-hydrogen) atoms. The Morgan fingerprint density at radius 3 is 2.75 bits per heavy atom. The average Bonchev–Trinajstić information content (AvgIpc) is 2.62. The van der Waals surface area contributed by atoms with Crippen LogP contribution in [0.4, 0.5) is 5.82 Å². The zero-order valence-electron chi connectivity index (χ0n) is 9.65. The monoisotopic (exact) mass is 240 g/mol. The first kappa shape index (κ1) is 12.6. The highest BCUT2D eigenvalue weighted by molar-refractivity contribution is 7.80. The first-order valence-corrected chi connectivity index (χ1v) is 5.42. The summed E-state index contributed by atoms with van der Waals surface area (Å²) in [6.45, 7) is 3.60. The van der Waals surface area contributed by atoms with Crippen molar-refractivity contribution in [3.05, 3.63) is 12.3 Å². The molecular weight excluding hydrogens is 224 g/mol. The maximum Gasteiger partial charge on any atom is 0.238 e. The van der Waals surface area contributed by atoms with Gasteiger partial charge in [-0.25, -0.2) is 0 Å². The molecule has 5 nitrogen and oxygen atoms in total. The number of nitrogens with zero attached hydrogens (tertiary/aromatic N) is 2. The third kappa shape index (κ3) is 2.38. The van der Waals surface area contributed by atoms with Gasteiger partial charge in [-0.3, -0.25) is 9.48 Å². The number of hydrogen-bond donors (Lipinski definition) is 2. The summed E-state index contributed by atoms with van der Waals surface area (Å²) in [5.41, 5.74) is 4.76. The molecule has 0 saturated carbocycles. The largest absolute Gasteiger partial charge is 0.392 e. The van der Waals surface area contributed by atoms with E-state index in [-0.39, 0.29) is 10.9 Å². The van der Waals surface area contributed by atoms with E-state index in [0.717, 1.165) is 0 Å². The van der Waals surface area contributed by atoms with Gasteiger partial charge in [-0.1, -0.05) is 19.1 Å². The molecule has 1 aromatic rings. The SMILES string of the molecule is CCC(C)(C(=O)Nc1ccn(C)n1)C(N)=S. The summed E-state index contributed by atoms with van der Waals surface area (Å²) >= 11 is 4.92. The highest BCUT2D eigenvalue weighted by Crippen LogP contribution is 2.23. The van der Waals surface area contributed by atoms with Gasteiger partial charge in [-0.05, 0) is 13.3 Å². The van der Waals surface area contributed by atoms with E-state index in [1.54, 1.807) is 30.9 Å². The summed E-state index contributed by atoms with van der Waals surface area (Å²) in [5.74, 6) is 0.282. The Morgan fingerprint density at radius 1 is 1.75 bits per heavy atom. The van der Waals surface area contributed by atoms with E-state index < -0.39 is 5.41 Å². The van der Waals surface area contributed by atoms with Gasteiger partial charge in [0.15, 0.2) is 5.82 Å². The molecule has 0 radical (unpaired) electrons. The fraction of sp³-hybridized carbons (Fsp3) is 0.500. The molecule has 0 bridgehead atoms. The third-order valence-corrected chi connectivity index (χ3v) is 3.16. The Labute approximate surface area is 100 Å². The normalized spacial score (nSPS) is 14.2. The Bertz CT molecular complexity index is 415. The minimum Gasteiger partial charge on any atom is -0.392 e. The second-order valence-corrected chi connectivity index (χ2v) is 4.32. The molecule has 1 heterocycles. The molecule has 0 spiro atoms. The van der Waals surface area contributed by atoms with Crippen molar-refractivity contribution < 1.29 is 4.79 Å². The van der Waals surface area contributed by atoms with Gasteiger partial charge in [-0.15, -0.1) is 0 Å². The van der Waals surface area contributed by atoms with Gasteiger partial charge < -0.3 is 11.1 Å². The zero-order chi connectivity index (χ0) is 12.3. The Balaban J connectivity index is 2.82. The average molecular weight is 240 g/mol. The van der Waals surface area contributed by atoms with Crippen LogP contribution in [0, 0.1) is 5.41 Å². The van der Waals surface area contributed by atoms with Gasteiger partial charge in [0.05, 0.1) is 10.4 Å². The molecule has 0 aliphatic heterocycles. The molecule has 88 valence electrons. The first-order valence-electron chi connectivity index (χ1n) is 5.01. The standard InChI is InChI=1S/C10H16N4OS/c1-4-10(2,8(11)16)9(15)12-7-5-6-14(3)13-7/h5-6H,4H2,1-3H3,(H2,11,16)(H,12,13,15). The number of nitrogens with one attached hydrogen (secondary N) is 1. The van der Waals surface area contributed by atoms with Crippen molar-refractivity contribution in [2.75, 3.05) is 5.32 Å². The fourth-order valence-corrected chi connectivity index (χ4v) is 1.42. The molecule has 1 aromatic heterocycles. The predicted octanol–water partition coefficient (Wildman–Crippen LogP) is 1.06. The molecule has 3 N–H and O–H groups in total. The molecule has 0 saturated heterocycles. The van der Waals surface area contributed by atoms with Crippen molar-refractivity contribution in [2.24, 2.45) is 18.2 Å². The molecular formula is C10H16N4OS. The Hall–Kier alpha value is -1.43. The summed E-state index contributed by atoms with van der Waals surface area (Å²) in [5, 5.41) is 6.76. The van der Waals surface area contributed by atoms with E-state index in [0.29, 0.717) is 12.2 Å². The molecule has 1 unspecified atom stereocenters. The number of anilines is 1. The molecule has 0 aliphatic rings. The number of thiocarbonyl (C=S) groups is 1. The van der Waals surface area contributed by atoms with E-state index in [4.69, 9.17) is 18.0 Å². The molecule has 6 heteroatoms. The van der Waals surface area contributed by atoms with Crippen LogP contribution in [-0.2, 0) is 11.8 Å². The van der Waals surface area contributed by atoms with Gasteiger partial charge in [0.2, 0.25) is 5.91 Å². The smallest absolute Gasteiger partial charge is 0.238 e. The number of aryl methyl sites for hydroxylation is 1. The van der Waals surface area contributed by atoms with Crippen LogP contribution in [0.15, 0.2) is 12.3 Å².